The third-order valence-corrected chi connectivity index (χ3v) is 10.1. The molecule has 452 valence electrons. The first-order valence-electron chi connectivity index (χ1n) is 26.2. The highest BCUT2D eigenvalue weighted by Crippen LogP contribution is 2.35. The summed E-state index contributed by atoms with van der Waals surface area (Å²) >= 11 is 0. The Balaban J connectivity index is 0.000000308. The molecular formula is C54H83F9O15. The third kappa shape index (κ3) is 45.4. The molecule has 0 N–H and O–H groups in total. The highest BCUT2D eigenvalue weighted by Gasteiger charge is 2.57. The molecule has 24 heteroatoms. The van der Waals surface area contributed by atoms with Crippen molar-refractivity contribution in [2.75, 3.05) is 126 Å². The fraction of sp³-hybridized carbons (Fsp3) is 0.741. The number of alkyl halides is 5. The van der Waals surface area contributed by atoms with Gasteiger partial charge in [0.25, 0.3) is 0 Å². The predicted molar refractivity (Wildman–Crippen MR) is 269 cm³/mol. The molecule has 7 unspecified atom stereocenters. The first kappa shape index (κ1) is 70.7. The van der Waals surface area contributed by atoms with Crippen LogP contribution in [0.4, 0.5) is 39.5 Å². The Bertz CT molecular complexity index is 1760. The number of hydrogen-bond acceptors (Lipinski definition) is 15. The van der Waals surface area contributed by atoms with Crippen LogP contribution in [0.2, 0.25) is 0 Å². The van der Waals surface area contributed by atoms with E-state index in [9.17, 15) is 39.5 Å². The second-order valence-electron chi connectivity index (χ2n) is 18.8. The fourth-order valence-electron chi connectivity index (χ4n) is 4.87. The van der Waals surface area contributed by atoms with Crippen molar-refractivity contribution in [2.45, 2.75) is 128 Å². The van der Waals surface area contributed by atoms with Crippen LogP contribution in [0, 0.1) is 12.8 Å². The SMILES string of the molecule is C=CCOCC1CO1.CC(C)CCOCC1CO1.CC(C)OCC1CO1.CCCCOCC1CO1.Cc1ccccc1OCC1CO1.FC(F)(F)C(F)(F)COCC1CO1.FC(F)=C(F)F.c1coc(CCOCC2CO2)c1. The van der Waals surface area contributed by atoms with E-state index in [1.54, 1.807) is 12.3 Å². The van der Waals surface area contributed by atoms with Crippen LogP contribution >= 0.6 is 0 Å². The molecule has 7 saturated heterocycles. The van der Waals surface area contributed by atoms with Crippen molar-refractivity contribution in [1.29, 1.82) is 0 Å². The van der Waals surface area contributed by atoms with E-state index < -0.39 is 30.9 Å². The molecule has 7 fully saturated rings. The van der Waals surface area contributed by atoms with Gasteiger partial charge in [0.15, 0.2) is 0 Å². The number of epoxide rings is 7. The summed E-state index contributed by atoms with van der Waals surface area (Å²) in [4.78, 5) is 0. The van der Waals surface area contributed by atoms with Crippen LogP contribution < -0.4 is 4.74 Å². The lowest BCUT2D eigenvalue weighted by Crippen LogP contribution is -2.41. The molecular weight excluding hydrogens is 1060 g/mol. The van der Waals surface area contributed by atoms with E-state index in [2.05, 4.69) is 36.8 Å². The topological polar surface area (TPSA) is 165 Å². The highest BCUT2D eigenvalue weighted by atomic mass is 19.4. The summed E-state index contributed by atoms with van der Waals surface area (Å²) in [6.45, 7) is 27.6. The molecule has 78 heavy (non-hydrogen) atoms. The maximum atomic E-state index is 12.1. The minimum atomic E-state index is -5.54. The van der Waals surface area contributed by atoms with Gasteiger partial charge in [0.1, 0.15) is 67.5 Å². The number of rotatable bonds is 29. The van der Waals surface area contributed by atoms with Gasteiger partial charge in [-0.1, -0.05) is 51.5 Å². The van der Waals surface area contributed by atoms with E-state index in [1.807, 2.05) is 57.2 Å². The minimum absolute atomic E-state index is 0.217. The zero-order valence-electron chi connectivity index (χ0n) is 45.8. The van der Waals surface area contributed by atoms with Crippen LogP contribution in [-0.4, -0.2) is 186 Å². The fourth-order valence-corrected chi connectivity index (χ4v) is 4.87. The molecule has 0 amide bonds. The van der Waals surface area contributed by atoms with E-state index in [4.69, 9.17) is 61.3 Å². The average Bonchev–Trinajstić information content (AvgIpc) is 4.18. The first-order chi connectivity index (χ1) is 37.2. The second kappa shape index (κ2) is 41.6. The standard InChI is InChI=1S/C10H12O2.C9H12O3.C8H16O2.C7H14O2.C6H7F5O2.C6H12O2.C6H10O2.C2F4/c1-8-4-2-3-5-10(8)12-7-9-6-11-9;1-2-8(11-4-1)3-5-10-6-9-7-12-9;1-7(2)3-4-9-5-8-6-10-8;1-2-3-4-8-5-7-6-9-7;7-5(8,6(9,10)11)3-12-1-4-2-13-4;1-5(2)7-3-6-4-8-6;1-2-3-7-4-6-5-8-6;3-1(4)2(5)6/h2-5,9H,6-7H2,1H3;1-2,4,9H,3,5-7H2;7-8H,3-6H2,1-2H3;7H,2-6H2,1H3;4H,1-3H2;5-6H,3-4H2,1-2H3;2,6H,1,3-5H2;. The Kier molecular flexibility index (Phi) is 37.7. The molecule has 8 heterocycles. The monoisotopic (exact) mass is 1140 g/mol. The smallest absolute Gasteiger partial charge is 0.455 e. The molecule has 1 aromatic carbocycles. The van der Waals surface area contributed by atoms with E-state index in [-0.39, 0.29) is 12.7 Å². The van der Waals surface area contributed by atoms with Crippen LogP contribution in [0.3, 0.4) is 0 Å². The molecule has 0 saturated carbocycles. The molecule has 0 radical (unpaired) electrons. The van der Waals surface area contributed by atoms with E-state index in [1.165, 1.54) is 18.4 Å². The van der Waals surface area contributed by atoms with Gasteiger partial charge in [-0.3, -0.25) is 0 Å². The Morgan fingerprint density at radius 3 is 1.46 bits per heavy atom. The van der Waals surface area contributed by atoms with Gasteiger partial charge < -0.3 is 70.7 Å². The number of aryl methyl sites for hydroxylation is 1. The molecule has 9 rings (SSSR count). The molecule has 15 nitrogen and oxygen atoms in total. The zero-order chi connectivity index (χ0) is 57.6. The van der Waals surface area contributed by atoms with E-state index in [0.717, 1.165) is 116 Å². The van der Waals surface area contributed by atoms with Crippen molar-refractivity contribution >= 4 is 0 Å². The molecule has 0 spiro atoms. The zero-order valence-corrected chi connectivity index (χ0v) is 45.8. The number of ether oxygens (including phenoxy) is 14. The van der Waals surface area contributed by atoms with Gasteiger partial charge in [-0.15, -0.1) is 6.58 Å². The van der Waals surface area contributed by atoms with Crippen LogP contribution in [0.25, 0.3) is 0 Å². The van der Waals surface area contributed by atoms with Crippen molar-refractivity contribution < 1.29 is 110 Å². The Labute approximate surface area is 453 Å². The molecule has 2 aromatic rings. The lowest BCUT2D eigenvalue weighted by molar-refractivity contribution is -0.296. The van der Waals surface area contributed by atoms with E-state index in [0.29, 0.717) is 69.2 Å². The molecule has 1 aromatic heterocycles. The van der Waals surface area contributed by atoms with E-state index >= 15 is 0 Å². The lowest BCUT2D eigenvalue weighted by atomic mass is 10.1. The van der Waals surface area contributed by atoms with Gasteiger partial charge in [0.05, 0.1) is 111 Å². The van der Waals surface area contributed by atoms with Gasteiger partial charge in [-0.25, -0.2) is 0 Å². The molecule has 7 atom stereocenters. The van der Waals surface area contributed by atoms with Crippen molar-refractivity contribution in [3.05, 3.63) is 78.8 Å². The van der Waals surface area contributed by atoms with Crippen molar-refractivity contribution in [3.8, 4) is 5.75 Å². The number of benzene rings is 1. The minimum Gasteiger partial charge on any atom is -0.491 e. The summed E-state index contributed by atoms with van der Waals surface area (Å²) in [5, 5.41) is 0. The Hall–Kier alpha value is -3.37. The number of unbranched alkanes of at least 4 members (excludes halogenated alkanes) is 1. The third-order valence-electron chi connectivity index (χ3n) is 10.1. The van der Waals surface area contributed by atoms with Gasteiger partial charge in [0, 0.05) is 19.6 Å². The lowest BCUT2D eigenvalue weighted by Gasteiger charge is -2.18. The van der Waals surface area contributed by atoms with Gasteiger partial charge in [-0.2, -0.15) is 39.5 Å². The first-order valence-corrected chi connectivity index (χ1v) is 26.2. The Morgan fingerprint density at radius 2 is 1.05 bits per heavy atom. The summed E-state index contributed by atoms with van der Waals surface area (Å²) in [6, 6.07) is 11.9. The summed E-state index contributed by atoms with van der Waals surface area (Å²) in [6.07, 6.45) is -1.16. The normalized spacial score (nSPS) is 22.1. The molecule has 0 aliphatic carbocycles. The highest BCUT2D eigenvalue weighted by molar-refractivity contribution is 5.31. The van der Waals surface area contributed by atoms with Gasteiger partial charge in [-0.05, 0) is 63.3 Å². The summed E-state index contributed by atoms with van der Waals surface area (Å²) < 4.78 is 175. The predicted octanol–water partition coefficient (Wildman–Crippen LogP) is 10.6. The van der Waals surface area contributed by atoms with Crippen LogP contribution in [0.15, 0.2) is 71.9 Å². The molecule has 7 aliphatic rings. The van der Waals surface area contributed by atoms with Crippen LogP contribution in [-0.2, 0) is 68.0 Å². The van der Waals surface area contributed by atoms with Crippen LogP contribution in [0.1, 0.15) is 65.2 Å². The molecule has 0 bridgehead atoms. The number of furan rings is 1. The Morgan fingerprint density at radius 1 is 0.603 bits per heavy atom. The van der Waals surface area contributed by atoms with Gasteiger partial charge in [0.2, 0.25) is 0 Å². The number of hydrogen-bond donors (Lipinski definition) is 0. The number of para-hydroxylation sites is 1. The van der Waals surface area contributed by atoms with Crippen molar-refractivity contribution in [2.24, 2.45) is 5.92 Å². The maximum Gasteiger partial charge on any atom is 0.455 e. The second-order valence-corrected chi connectivity index (χ2v) is 18.8. The average molecular weight is 1140 g/mol. The quantitative estimate of drug-likeness (QED) is 0.0327. The summed E-state index contributed by atoms with van der Waals surface area (Å²) in [5.74, 6) is -2.08. The van der Waals surface area contributed by atoms with Gasteiger partial charge >= 0.3 is 24.3 Å². The number of halogens is 9. The largest absolute Gasteiger partial charge is 0.491 e. The van der Waals surface area contributed by atoms with Crippen LogP contribution in [0.5, 0.6) is 5.75 Å². The van der Waals surface area contributed by atoms with Crippen molar-refractivity contribution in [1.82, 2.24) is 0 Å². The summed E-state index contributed by atoms with van der Waals surface area (Å²) in [5.41, 5.74) is 1.18. The van der Waals surface area contributed by atoms with Crippen molar-refractivity contribution in [3.63, 3.8) is 0 Å². The summed E-state index contributed by atoms with van der Waals surface area (Å²) in [7, 11) is 0. The molecule has 7 aliphatic heterocycles. The maximum absolute atomic E-state index is 12.1.